The minimum atomic E-state index is -0.897. The zero-order chi connectivity index (χ0) is 34.2. The van der Waals surface area contributed by atoms with E-state index in [9.17, 15) is 23.6 Å². The van der Waals surface area contributed by atoms with Gasteiger partial charge in [0, 0.05) is 0 Å². The molecule has 2 heterocycles. The Kier molecular flexibility index (Phi) is 10.6. The minimum Gasteiger partial charge on any atom is -0.447 e. The second-order valence-corrected chi connectivity index (χ2v) is 12.4. The molecular formula is C40H37FN2O6. The summed E-state index contributed by atoms with van der Waals surface area (Å²) < 4.78 is 24.5. The highest BCUT2D eigenvalue weighted by atomic mass is 19.1. The van der Waals surface area contributed by atoms with Crippen LogP contribution in [0.15, 0.2) is 127 Å². The highest BCUT2D eigenvalue weighted by molar-refractivity contribution is 5.97. The quantitative estimate of drug-likeness (QED) is 0.160. The third-order valence-electron chi connectivity index (χ3n) is 8.90. The molecule has 250 valence electrons. The molecule has 4 atom stereocenters. The Morgan fingerprint density at radius 2 is 0.959 bits per heavy atom. The van der Waals surface area contributed by atoms with Crippen LogP contribution in [0.3, 0.4) is 0 Å². The van der Waals surface area contributed by atoms with Gasteiger partial charge in [-0.3, -0.25) is 9.59 Å². The van der Waals surface area contributed by atoms with E-state index in [1.54, 1.807) is 24.3 Å². The van der Waals surface area contributed by atoms with E-state index >= 15 is 0 Å². The molecule has 6 rings (SSSR count). The van der Waals surface area contributed by atoms with E-state index in [-0.39, 0.29) is 26.1 Å². The third-order valence-corrected chi connectivity index (χ3v) is 8.90. The van der Waals surface area contributed by atoms with E-state index in [1.165, 1.54) is 17.0 Å². The van der Waals surface area contributed by atoms with Crippen molar-refractivity contribution in [2.45, 2.75) is 37.8 Å². The molecule has 49 heavy (non-hydrogen) atoms. The summed E-state index contributed by atoms with van der Waals surface area (Å²) in [6, 6.07) is 33.3. The number of cyclic esters (lactones) is 2. The molecule has 0 spiro atoms. The molecule has 0 bridgehead atoms. The lowest BCUT2D eigenvalue weighted by Crippen LogP contribution is -2.44. The Labute approximate surface area is 284 Å². The van der Waals surface area contributed by atoms with Gasteiger partial charge in [-0.1, -0.05) is 115 Å². The van der Waals surface area contributed by atoms with Gasteiger partial charge in [0.25, 0.3) is 0 Å². The molecule has 4 aromatic rings. The average molecular weight is 661 g/mol. The summed E-state index contributed by atoms with van der Waals surface area (Å²) in [6.45, 7) is 0.133. The van der Waals surface area contributed by atoms with Crippen molar-refractivity contribution in [2.24, 2.45) is 11.8 Å². The van der Waals surface area contributed by atoms with Crippen LogP contribution in [0.1, 0.15) is 22.3 Å². The lowest BCUT2D eigenvalue weighted by atomic mass is 9.91. The van der Waals surface area contributed by atoms with Crippen LogP contribution < -0.4 is 0 Å². The molecule has 9 heteroatoms. The monoisotopic (exact) mass is 660 g/mol. The smallest absolute Gasteiger partial charge is 0.417 e. The Bertz CT molecular complexity index is 1780. The van der Waals surface area contributed by atoms with Crippen LogP contribution in [0.2, 0.25) is 0 Å². The first-order valence-electron chi connectivity index (χ1n) is 16.4. The summed E-state index contributed by atoms with van der Waals surface area (Å²) in [5.74, 6) is -3.08. The van der Waals surface area contributed by atoms with Crippen LogP contribution in [0, 0.1) is 17.7 Å². The number of halogens is 1. The summed E-state index contributed by atoms with van der Waals surface area (Å²) in [6.07, 6.45) is 3.11. The summed E-state index contributed by atoms with van der Waals surface area (Å²) in [7, 11) is 0. The SMILES string of the molecule is O=C1OC[C@H](Cc2ccccc2)N1C(=O)[C@H](C=C[C@H](Cc1ccc(F)cc1)C(=O)N1C(=O)OC[C@@H]1Cc1ccccc1)Cc1ccccc1. The van der Waals surface area contributed by atoms with Crippen molar-refractivity contribution >= 4 is 24.0 Å². The molecule has 2 fully saturated rings. The van der Waals surface area contributed by atoms with E-state index in [4.69, 9.17) is 9.47 Å². The maximum atomic E-state index is 14.3. The Balaban J connectivity index is 1.31. The Morgan fingerprint density at radius 3 is 1.37 bits per heavy atom. The van der Waals surface area contributed by atoms with Gasteiger partial charge in [0.1, 0.15) is 19.0 Å². The van der Waals surface area contributed by atoms with Gasteiger partial charge in [0.05, 0.1) is 23.9 Å². The fourth-order valence-corrected chi connectivity index (χ4v) is 6.38. The first-order valence-corrected chi connectivity index (χ1v) is 16.4. The topological polar surface area (TPSA) is 93.2 Å². The van der Waals surface area contributed by atoms with Crippen molar-refractivity contribution in [1.29, 1.82) is 0 Å². The third kappa shape index (κ3) is 8.30. The minimum absolute atomic E-state index is 0.0570. The average Bonchev–Trinajstić information content (AvgIpc) is 3.67. The van der Waals surface area contributed by atoms with Crippen molar-refractivity contribution in [3.8, 4) is 0 Å². The highest BCUT2D eigenvalue weighted by Crippen LogP contribution is 2.26. The van der Waals surface area contributed by atoms with Gasteiger partial charge in [0.15, 0.2) is 0 Å². The maximum absolute atomic E-state index is 14.3. The zero-order valence-electron chi connectivity index (χ0n) is 26.9. The fourth-order valence-electron chi connectivity index (χ4n) is 6.38. The predicted octanol–water partition coefficient (Wildman–Crippen LogP) is 6.58. The van der Waals surface area contributed by atoms with Gasteiger partial charge >= 0.3 is 12.2 Å². The van der Waals surface area contributed by atoms with Crippen LogP contribution in [0.5, 0.6) is 0 Å². The lowest BCUT2D eigenvalue weighted by Gasteiger charge is -2.25. The molecule has 0 N–H and O–H groups in total. The van der Waals surface area contributed by atoms with Crippen LogP contribution in [-0.4, -0.2) is 59.1 Å². The number of imide groups is 2. The van der Waals surface area contributed by atoms with E-state index in [2.05, 4.69) is 0 Å². The van der Waals surface area contributed by atoms with Gasteiger partial charge in [-0.25, -0.2) is 23.8 Å². The van der Waals surface area contributed by atoms with Gasteiger partial charge < -0.3 is 9.47 Å². The first-order chi connectivity index (χ1) is 23.9. The molecular weight excluding hydrogens is 623 g/mol. The van der Waals surface area contributed by atoms with Crippen molar-refractivity contribution in [1.82, 2.24) is 9.80 Å². The van der Waals surface area contributed by atoms with E-state index in [1.807, 2.05) is 91.0 Å². The van der Waals surface area contributed by atoms with Gasteiger partial charge in [-0.15, -0.1) is 0 Å². The molecule has 8 nitrogen and oxygen atoms in total. The molecule has 2 aliphatic rings. The summed E-state index contributed by atoms with van der Waals surface area (Å²) in [4.78, 5) is 56.9. The molecule has 2 saturated heterocycles. The maximum Gasteiger partial charge on any atom is 0.417 e. The number of amides is 4. The van der Waals surface area contributed by atoms with E-state index in [0.717, 1.165) is 21.6 Å². The molecule has 2 aliphatic heterocycles. The highest BCUT2D eigenvalue weighted by Gasteiger charge is 2.42. The second kappa shape index (κ2) is 15.6. The van der Waals surface area contributed by atoms with Gasteiger partial charge in [0.2, 0.25) is 11.8 Å². The van der Waals surface area contributed by atoms with Crippen LogP contribution in [0.25, 0.3) is 0 Å². The van der Waals surface area contributed by atoms with E-state index in [0.29, 0.717) is 18.4 Å². The van der Waals surface area contributed by atoms with Crippen LogP contribution in [0.4, 0.5) is 14.0 Å². The van der Waals surface area contributed by atoms with Crippen molar-refractivity contribution in [2.75, 3.05) is 13.2 Å². The normalized spacial score (nSPS) is 18.7. The summed E-state index contributed by atoms with van der Waals surface area (Å²) >= 11 is 0. The summed E-state index contributed by atoms with van der Waals surface area (Å²) in [5, 5.41) is 0. The van der Waals surface area contributed by atoms with Crippen molar-refractivity contribution in [3.05, 3.63) is 155 Å². The molecule has 4 aromatic carbocycles. The predicted molar refractivity (Wildman–Crippen MR) is 181 cm³/mol. The van der Waals surface area contributed by atoms with Crippen molar-refractivity contribution in [3.63, 3.8) is 0 Å². The standard InChI is InChI=1S/C40H37FN2O6/c41-34-20-16-31(17-21-34)23-33(38(45)43-36(27-49-40(43)47)25-30-14-8-3-9-15-30)19-18-32(22-28-10-4-1-5-11-28)37(44)42-35(26-48-39(42)46)24-29-12-6-2-7-13-29/h1-21,32-33,35-36H,22-27H2/t32-,33-,35+,36+/m1/s1. The number of carbonyl (C=O) groups is 4. The van der Waals surface area contributed by atoms with Gasteiger partial charge in [-0.2, -0.15) is 0 Å². The number of carbonyl (C=O) groups excluding carboxylic acids is 4. The number of nitrogens with zero attached hydrogens (tertiary/aromatic N) is 2. The van der Waals surface area contributed by atoms with E-state index < -0.39 is 53.7 Å². The Morgan fingerprint density at radius 1 is 0.592 bits per heavy atom. The van der Waals surface area contributed by atoms with Crippen molar-refractivity contribution < 1.29 is 33.0 Å². The zero-order valence-corrected chi connectivity index (χ0v) is 26.9. The lowest BCUT2D eigenvalue weighted by molar-refractivity contribution is -0.133. The van der Waals surface area contributed by atoms with Gasteiger partial charge in [-0.05, 0) is 60.1 Å². The summed E-state index contributed by atoms with van der Waals surface area (Å²) in [5.41, 5.74) is 3.45. The van der Waals surface area contributed by atoms with Crippen LogP contribution in [-0.2, 0) is 44.7 Å². The molecule has 0 aliphatic carbocycles. The molecule has 0 aromatic heterocycles. The van der Waals surface area contributed by atoms with Crippen LogP contribution >= 0.6 is 0 Å². The Hall–Kier alpha value is -5.57. The number of ether oxygens (including phenoxy) is 2. The second-order valence-electron chi connectivity index (χ2n) is 12.4. The molecule has 0 unspecified atom stereocenters. The number of hydrogen-bond donors (Lipinski definition) is 0. The largest absolute Gasteiger partial charge is 0.447 e. The fraction of sp³-hybridized carbons (Fsp3) is 0.250. The molecule has 0 saturated carbocycles. The number of benzene rings is 4. The molecule has 4 amide bonds. The number of rotatable bonds is 12. The first kappa shape index (κ1) is 33.3. The number of hydrogen-bond acceptors (Lipinski definition) is 6. The molecule has 0 radical (unpaired) electrons.